The fourth-order valence-corrected chi connectivity index (χ4v) is 2.91. The van der Waals surface area contributed by atoms with E-state index in [1.807, 2.05) is 13.0 Å². The molecule has 0 saturated carbocycles. The Morgan fingerprint density at radius 2 is 1.68 bits per heavy atom. The van der Waals surface area contributed by atoms with Gasteiger partial charge in [0.2, 0.25) is 0 Å². The summed E-state index contributed by atoms with van der Waals surface area (Å²) < 4.78 is 0. The molecule has 0 spiro atoms. The zero-order valence-corrected chi connectivity index (χ0v) is 13.3. The van der Waals surface area contributed by atoms with Crippen LogP contribution in [0.1, 0.15) is 17.7 Å². The van der Waals surface area contributed by atoms with Crippen LogP contribution in [-0.2, 0) is 6.42 Å². The highest BCUT2D eigenvalue weighted by molar-refractivity contribution is 5.37. The van der Waals surface area contributed by atoms with Gasteiger partial charge in [-0.3, -0.25) is 4.90 Å². The molecule has 0 N–H and O–H groups in total. The SMILES string of the molecule is Cc1ccc(N2CCN(CCCc3ccccc3)CC2)nn1. The molecular weight excluding hydrogens is 272 g/mol. The molecule has 0 radical (unpaired) electrons. The molecule has 0 unspecified atom stereocenters. The number of hydrogen-bond acceptors (Lipinski definition) is 4. The van der Waals surface area contributed by atoms with E-state index in [4.69, 9.17) is 0 Å². The summed E-state index contributed by atoms with van der Waals surface area (Å²) >= 11 is 0. The van der Waals surface area contributed by atoms with Gasteiger partial charge < -0.3 is 4.90 Å². The van der Waals surface area contributed by atoms with Gasteiger partial charge in [-0.05, 0) is 44.0 Å². The Hall–Kier alpha value is -1.94. The van der Waals surface area contributed by atoms with Crippen LogP contribution in [0.15, 0.2) is 42.5 Å². The smallest absolute Gasteiger partial charge is 0.151 e. The average molecular weight is 296 g/mol. The van der Waals surface area contributed by atoms with E-state index in [-0.39, 0.29) is 0 Å². The summed E-state index contributed by atoms with van der Waals surface area (Å²) in [7, 11) is 0. The summed E-state index contributed by atoms with van der Waals surface area (Å²) in [6, 6.07) is 14.9. The first-order valence-corrected chi connectivity index (χ1v) is 8.13. The number of benzene rings is 1. The molecule has 22 heavy (non-hydrogen) atoms. The van der Waals surface area contributed by atoms with Gasteiger partial charge in [-0.2, -0.15) is 5.10 Å². The molecule has 0 atom stereocenters. The molecular formula is C18H24N4. The molecule has 1 fully saturated rings. The van der Waals surface area contributed by atoms with Gasteiger partial charge >= 0.3 is 0 Å². The number of piperazine rings is 1. The molecule has 4 nitrogen and oxygen atoms in total. The maximum absolute atomic E-state index is 4.29. The van der Waals surface area contributed by atoms with Crippen LogP contribution in [0.25, 0.3) is 0 Å². The minimum atomic E-state index is 0.975. The lowest BCUT2D eigenvalue weighted by Crippen LogP contribution is -2.47. The lowest BCUT2D eigenvalue weighted by atomic mass is 10.1. The number of nitrogens with zero attached hydrogens (tertiary/aromatic N) is 4. The van der Waals surface area contributed by atoms with E-state index in [0.717, 1.165) is 37.7 Å². The van der Waals surface area contributed by atoms with Crippen molar-refractivity contribution in [3.63, 3.8) is 0 Å². The van der Waals surface area contributed by atoms with Gasteiger partial charge in [0.05, 0.1) is 5.69 Å². The third-order valence-electron chi connectivity index (χ3n) is 4.26. The van der Waals surface area contributed by atoms with Crippen molar-refractivity contribution in [2.24, 2.45) is 0 Å². The normalized spacial score (nSPS) is 16.0. The Labute approximate surface area is 132 Å². The van der Waals surface area contributed by atoms with E-state index in [2.05, 4.69) is 56.4 Å². The standard InChI is InChI=1S/C18H24N4/c1-16-9-10-18(20-19-16)22-14-12-21(13-15-22)11-5-8-17-6-3-2-4-7-17/h2-4,6-7,9-10H,5,8,11-15H2,1H3. The van der Waals surface area contributed by atoms with Crippen molar-refractivity contribution in [1.29, 1.82) is 0 Å². The van der Waals surface area contributed by atoms with Crippen LogP contribution in [0.3, 0.4) is 0 Å². The van der Waals surface area contributed by atoms with Crippen molar-refractivity contribution in [2.45, 2.75) is 19.8 Å². The van der Waals surface area contributed by atoms with Crippen molar-refractivity contribution in [3.05, 3.63) is 53.7 Å². The van der Waals surface area contributed by atoms with Crippen LogP contribution in [0.4, 0.5) is 5.82 Å². The van der Waals surface area contributed by atoms with Crippen LogP contribution in [0.2, 0.25) is 0 Å². The van der Waals surface area contributed by atoms with Gasteiger partial charge in [-0.25, -0.2) is 0 Å². The van der Waals surface area contributed by atoms with E-state index >= 15 is 0 Å². The van der Waals surface area contributed by atoms with E-state index in [0.29, 0.717) is 0 Å². The van der Waals surface area contributed by atoms with E-state index in [1.165, 1.54) is 24.9 Å². The topological polar surface area (TPSA) is 32.3 Å². The number of anilines is 1. The van der Waals surface area contributed by atoms with Crippen molar-refractivity contribution in [1.82, 2.24) is 15.1 Å². The molecule has 0 aliphatic carbocycles. The lowest BCUT2D eigenvalue weighted by Gasteiger charge is -2.35. The van der Waals surface area contributed by atoms with Crippen LogP contribution in [0, 0.1) is 6.92 Å². The van der Waals surface area contributed by atoms with Gasteiger partial charge in [-0.15, -0.1) is 5.10 Å². The first-order chi connectivity index (χ1) is 10.8. The zero-order chi connectivity index (χ0) is 15.2. The second-order valence-corrected chi connectivity index (χ2v) is 5.95. The summed E-state index contributed by atoms with van der Waals surface area (Å²) in [5, 5.41) is 8.44. The Bertz CT molecular complexity index is 559. The van der Waals surface area contributed by atoms with Gasteiger partial charge in [0.15, 0.2) is 5.82 Å². The molecule has 1 aliphatic rings. The van der Waals surface area contributed by atoms with Crippen molar-refractivity contribution < 1.29 is 0 Å². The number of aromatic nitrogens is 2. The van der Waals surface area contributed by atoms with Crippen molar-refractivity contribution in [2.75, 3.05) is 37.6 Å². The van der Waals surface area contributed by atoms with Gasteiger partial charge in [-0.1, -0.05) is 30.3 Å². The number of aryl methyl sites for hydroxylation is 2. The second-order valence-electron chi connectivity index (χ2n) is 5.95. The van der Waals surface area contributed by atoms with Gasteiger partial charge in [0.25, 0.3) is 0 Å². The summed E-state index contributed by atoms with van der Waals surface area (Å²) in [5.41, 5.74) is 2.42. The first kappa shape index (κ1) is 15.0. The number of hydrogen-bond donors (Lipinski definition) is 0. The quantitative estimate of drug-likeness (QED) is 0.849. The van der Waals surface area contributed by atoms with E-state index in [9.17, 15) is 0 Å². The van der Waals surface area contributed by atoms with E-state index in [1.54, 1.807) is 0 Å². The predicted octanol–water partition coefficient (Wildman–Crippen LogP) is 2.54. The van der Waals surface area contributed by atoms with Crippen LogP contribution >= 0.6 is 0 Å². The van der Waals surface area contributed by atoms with Crippen LogP contribution < -0.4 is 4.90 Å². The van der Waals surface area contributed by atoms with Crippen LogP contribution in [0.5, 0.6) is 0 Å². The highest BCUT2D eigenvalue weighted by Gasteiger charge is 2.17. The summed E-state index contributed by atoms with van der Waals surface area (Å²) in [4.78, 5) is 4.89. The third kappa shape index (κ3) is 4.04. The first-order valence-electron chi connectivity index (χ1n) is 8.13. The fraction of sp³-hybridized carbons (Fsp3) is 0.444. The molecule has 3 rings (SSSR count). The molecule has 1 aliphatic heterocycles. The minimum absolute atomic E-state index is 0.975. The molecule has 0 amide bonds. The van der Waals surface area contributed by atoms with Crippen molar-refractivity contribution >= 4 is 5.82 Å². The maximum Gasteiger partial charge on any atom is 0.151 e. The summed E-state index contributed by atoms with van der Waals surface area (Å²) in [6.07, 6.45) is 2.40. The summed E-state index contributed by atoms with van der Waals surface area (Å²) in [6.45, 7) is 7.48. The molecule has 2 aromatic rings. The predicted molar refractivity (Wildman–Crippen MR) is 90.2 cm³/mol. The molecule has 1 aromatic heterocycles. The van der Waals surface area contributed by atoms with Gasteiger partial charge in [0, 0.05) is 26.2 Å². The highest BCUT2D eigenvalue weighted by Crippen LogP contribution is 2.13. The minimum Gasteiger partial charge on any atom is -0.353 e. The molecule has 1 saturated heterocycles. The monoisotopic (exact) mass is 296 g/mol. The average Bonchev–Trinajstić information content (AvgIpc) is 2.57. The van der Waals surface area contributed by atoms with Crippen LogP contribution in [-0.4, -0.2) is 47.8 Å². The molecule has 0 bridgehead atoms. The lowest BCUT2D eigenvalue weighted by molar-refractivity contribution is 0.254. The fourth-order valence-electron chi connectivity index (χ4n) is 2.91. The maximum atomic E-state index is 4.29. The molecule has 2 heterocycles. The molecule has 4 heteroatoms. The highest BCUT2D eigenvalue weighted by atomic mass is 15.3. The molecule has 1 aromatic carbocycles. The molecule has 116 valence electrons. The summed E-state index contributed by atoms with van der Waals surface area (Å²) in [5.74, 6) is 1.01. The second kappa shape index (κ2) is 7.36. The number of rotatable bonds is 5. The zero-order valence-electron chi connectivity index (χ0n) is 13.3. The van der Waals surface area contributed by atoms with Crippen molar-refractivity contribution in [3.8, 4) is 0 Å². The largest absolute Gasteiger partial charge is 0.353 e. The van der Waals surface area contributed by atoms with Gasteiger partial charge in [0.1, 0.15) is 0 Å². The Kier molecular flexibility index (Phi) is 5.01. The Morgan fingerprint density at radius 3 is 2.36 bits per heavy atom. The Balaban J connectivity index is 1.41. The third-order valence-corrected chi connectivity index (χ3v) is 4.26. The Morgan fingerprint density at radius 1 is 0.909 bits per heavy atom. The van der Waals surface area contributed by atoms with E-state index < -0.39 is 0 Å².